The Labute approximate surface area is 190 Å². The minimum Gasteiger partial charge on any atom is -0.494 e. The number of halogens is 3. The lowest BCUT2D eigenvalue weighted by molar-refractivity contribution is -0.192. The highest BCUT2D eigenvalue weighted by Crippen LogP contribution is 2.29. The topological polar surface area (TPSA) is 118 Å². The van der Waals surface area contributed by atoms with Crippen LogP contribution in [0.2, 0.25) is 0 Å². The van der Waals surface area contributed by atoms with Gasteiger partial charge in [-0.3, -0.25) is 10.1 Å². The zero-order valence-corrected chi connectivity index (χ0v) is 18.2. The molecule has 176 valence electrons. The summed E-state index contributed by atoms with van der Waals surface area (Å²) >= 11 is 1.40. The minimum absolute atomic E-state index is 0.280. The van der Waals surface area contributed by atoms with E-state index in [4.69, 9.17) is 14.6 Å². The van der Waals surface area contributed by atoms with Gasteiger partial charge in [0.25, 0.3) is 5.91 Å². The Kier molecular flexibility index (Phi) is 7.63. The summed E-state index contributed by atoms with van der Waals surface area (Å²) in [6.07, 6.45) is -2.74. The molecule has 3 heterocycles. The van der Waals surface area contributed by atoms with Crippen LogP contribution in [0.1, 0.15) is 30.3 Å². The number of hydrogen-bond donors (Lipinski definition) is 2. The number of alkyl halides is 3. The Hall–Kier alpha value is -3.48. The molecule has 2 N–H and O–H groups in total. The molecule has 1 fully saturated rings. The van der Waals surface area contributed by atoms with Crippen LogP contribution in [0.15, 0.2) is 30.3 Å². The summed E-state index contributed by atoms with van der Waals surface area (Å²) in [6, 6.07) is 9.24. The van der Waals surface area contributed by atoms with E-state index in [2.05, 4.69) is 25.4 Å². The molecule has 1 saturated heterocycles. The van der Waals surface area contributed by atoms with E-state index in [1.54, 1.807) is 6.07 Å². The number of benzene rings is 1. The number of ether oxygens (including phenoxy) is 1. The van der Waals surface area contributed by atoms with E-state index in [-0.39, 0.29) is 11.6 Å². The second-order valence-electron chi connectivity index (χ2n) is 6.81. The number of carboxylic acids is 1. The summed E-state index contributed by atoms with van der Waals surface area (Å²) in [5, 5.41) is 18.7. The molecule has 0 aliphatic carbocycles. The van der Waals surface area contributed by atoms with Crippen molar-refractivity contribution in [3.8, 4) is 5.75 Å². The van der Waals surface area contributed by atoms with Gasteiger partial charge in [0.05, 0.1) is 16.8 Å². The first-order valence-corrected chi connectivity index (χ1v) is 10.7. The first kappa shape index (κ1) is 24.2. The number of nitrogens with one attached hydrogen (secondary N) is 1. The van der Waals surface area contributed by atoms with Crippen LogP contribution in [0.4, 0.5) is 24.1 Å². The number of carboxylic acid groups (broad SMARTS) is 1. The Morgan fingerprint density at radius 2 is 1.88 bits per heavy atom. The number of hydrogen-bond acceptors (Lipinski definition) is 8. The number of carbonyl (C=O) groups excluding carboxylic acids is 1. The molecule has 0 atom stereocenters. The van der Waals surface area contributed by atoms with E-state index in [1.165, 1.54) is 24.2 Å². The highest BCUT2D eigenvalue weighted by atomic mass is 32.1. The van der Waals surface area contributed by atoms with Crippen molar-refractivity contribution in [3.63, 3.8) is 0 Å². The molecule has 2 aromatic heterocycles. The molecule has 1 aromatic carbocycles. The van der Waals surface area contributed by atoms with Gasteiger partial charge in [-0.1, -0.05) is 11.3 Å². The highest BCUT2D eigenvalue weighted by molar-refractivity contribution is 7.22. The Morgan fingerprint density at radius 3 is 2.45 bits per heavy atom. The fraction of sp³-hybridized carbons (Fsp3) is 0.350. The standard InChI is InChI=1S/C18H19N5O2S.C2HF3O2/c1-2-25-12-5-6-13-15(11-12)26-18(19-13)20-17(24)14-7-8-16(22-21-14)23-9-3-4-10-23;3-2(4,5)1(6)7/h5-8,11H,2-4,9-10H2,1H3,(H,19,20,24);(H,6,7). The second-order valence-corrected chi connectivity index (χ2v) is 7.84. The van der Waals surface area contributed by atoms with Crippen LogP contribution < -0.4 is 15.0 Å². The third-order valence-electron chi connectivity index (χ3n) is 4.45. The molecule has 9 nitrogen and oxygen atoms in total. The van der Waals surface area contributed by atoms with Crippen LogP contribution in [0, 0.1) is 0 Å². The van der Waals surface area contributed by atoms with E-state index < -0.39 is 12.1 Å². The van der Waals surface area contributed by atoms with Crippen molar-refractivity contribution in [2.45, 2.75) is 25.9 Å². The maximum atomic E-state index is 12.4. The van der Waals surface area contributed by atoms with Crippen molar-refractivity contribution >= 4 is 44.4 Å². The van der Waals surface area contributed by atoms with Crippen LogP contribution in [-0.2, 0) is 4.79 Å². The molecule has 0 saturated carbocycles. The third kappa shape index (κ3) is 6.51. The smallest absolute Gasteiger partial charge is 0.490 e. The number of aliphatic carboxylic acids is 1. The van der Waals surface area contributed by atoms with Crippen molar-refractivity contribution in [2.75, 3.05) is 29.9 Å². The van der Waals surface area contributed by atoms with Gasteiger partial charge in [0.2, 0.25) is 0 Å². The van der Waals surface area contributed by atoms with E-state index in [0.717, 1.165) is 34.9 Å². The summed E-state index contributed by atoms with van der Waals surface area (Å²) in [6.45, 7) is 4.55. The molecule has 1 aliphatic rings. The van der Waals surface area contributed by atoms with Crippen molar-refractivity contribution in [3.05, 3.63) is 36.0 Å². The zero-order chi connectivity index (χ0) is 24.0. The molecule has 1 amide bonds. The van der Waals surface area contributed by atoms with Crippen molar-refractivity contribution in [1.82, 2.24) is 15.2 Å². The molecule has 0 bridgehead atoms. The fourth-order valence-corrected chi connectivity index (χ4v) is 3.83. The average molecular weight is 483 g/mol. The molecule has 0 unspecified atom stereocenters. The van der Waals surface area contributed by atoms with Gasteiger partial charge in [0, 0.05) is 13.1 Å². The van der Waals surface area contributed by atoms with Crippen molar-refractivity contribution < 1.29 is 32.6 Å². The van der Waals surface area contributed by atoms with Crippen LogP contribution >= 0.6 is 11.3 Å². The molecule has 3 aromatic rings. The van der Waals surface area contributed by atoms with E-state index in [0.29, 0.717) is 11.7 Å². The first-order valence-electron chi connectivity index (χ1n) is 9.91. The van der Waals surface area contributed by atoms with Gasteiger partial charge in [-0.15, -0.1) is 10.2 Å². The largest absolute Gasteiger partial charge is 0.494 e. The Morgan fingerprint density at radius 1 is 1.18 bits per heavy atom. The predicted molar refractivity (Wildman–Crippen MR) is 116 cm³/mol. The Balaban J connectivity index is 0.000000383. The highest BCUT2D eigenvalue weighted by Gasteiger charge is 2.38. The summed E-state index contributed by atoms with van der Waals surface area (Å²) in [5.41, 5.74) is 1.10. The molecule has 4 rings (SSSR count). The van der Waals surface area contributed by atoms with Crippen LogP contribution in [-0.4, -0.2) is 58.0 Å². The molecule has 0 spiro atoms. The number of thiazole rings is 1. The lowest BCUT2D eigenvalue weighted by Gasteiger charge is -2.14. The van der Waals surface area contributed by atoms with Gasteiger partial charge in [0.1, 0.15) is 5.75 Å². The monoisotopic (exact) mass is 483 g/mol. The molecule has 33 heavy (non-hydrogen) atoms. The summed E-state index contributed by atoms with van der Waals surface area (Å²) in [7, 11) is 0. The SMILES string of the molecule is CCOc1ccc2nc(NC(=O)c3ccc(N4CCCC4)nn3)sc2c1.O=C(O)C(F)(F)F. The van der Waals surface area contributed by atoms with Gasteiger partial charge in [-0.25, -0.2) is 9.78 Å². The molecule has 1 aliphatic heterocycles. The second kappa shape index (κ2) is 10.4. The maximum absolute atomic E-state index is 12.4. The molecular weight excluding hydrogens is 463 g/mol. The van der Waals surface area contributed by atoms with Crippen LogP contribution in [0.5, 0.6) is 5.75 Å². The number of fused-ring (bicyclic) bond motifs is 1. The van der Waals surface area contributed by atoms with Crippen LogP contribution in [0.25, 0.3) is 10.2 Å². The summed E-state index contributed by atoms with van der Waals surface area (Å²) in [4.78, 5) is 27.9. The predicted octanol–water partition coefficient (Wildman–Crippen LogP) is 3.97. The Bertz CT molecular complexity index is 1120. The van der Waals surface area contributed by atoms with Gasteiger partial charge in [0.15, 0.2) is 16.6 Å². The summed E-state index contributed by atoms with van der Waals surface area (Å²) in [5.74, 6) is -1.45. The normalized spacial score (nSPS) is 13.4. The third-order valence-corrected chi connectivity index (χ3v) is 5.38. The van der Waals surface area contributed by atoms with E-state index in [1.807, 2.05) is 31.2 Å². The first-order chi connectivity index (χ1) is 15.7. The van der Waals surface area contributed by atoms with Crippen molar-refractivity contribution in [1.29, 1.82) is 0 Å². The zero-order valence-electron chi connectivity index (χ0n) is 17.4. The van der Waals surface area contributed by atoms with Gasteiger partial charge in [-0.2, -0.15) is 13.2 Å². The van der Waals surface area contributed by atoms with E-state index in [9.17, 15) is 18.0 Å². The average Bonchev–Trinajstić information content (AvgIpc) is 3.43. The quantitative estimate of drug-likeness (QED) is 0.560. The van der Waals surface area contributed by atoms with Gasteiger partial charge < -0.3 is 14.7 Å². The number of rotatable bonds is 5. The number of carbonyl (C=O) groups is 2. The molecule has 13 heteroatoms. The lowest BCUT2D eigenvalue weighted by atomic mass is 10.3. The van der Waals surface area contributed by atoms with Crippen LogP contribution in [0.3, 0.4) is 0 Å². The number of nitrogens with zero attached hydrogens (tertiary/aromatic N) is 4. The minimum atomic E-state index is -5.08. The maximum Gasteiger partial charge on any atom is 0.490 e. The van der Waals surface area contributed by atoms with Gasteiger partial charge in [-0.05, 0) is 50.1 Å². The lowest BCUT2D eigenvalue weighted by Crippen LogP contribution is -2.21. The summed E-state index contributed by atoms with van der Waals surface area (Å²) < 4.78 is 38.2. The number of anilines is 2. The molecular formula is C20H20F3N5O4S. The fourth-order valence-electron chi connectivity index (χ4n) is 2.94. The van der Waals surface area contributed by atoms with E-state index >= 15 is 0 Å². The molecule has 0 radical (unpaired) electrons. The number of amides is 1. The number of aromatic nitrogens is 3. The van der Waals surface area contributed by atoms with Gasteiger partial charge >= 0.3 is 12.1 Å². The van der Waals surface area contributed by atoms with Crippen molar-refractivity contribution in [2.24, 2.45) is 0 Å².